The highest BCUT2D eigenvalue weighted by molar-refractivity contribution is 5.99. The van der Waals surface area contributed by atoms with E-state index in [1.54, 1.807) is 12.1 Å². The van der Waals surface area contributed by atoms with Crippen LogP contribution in [-0.4, -0.2) is 22.4 Å². The lowest BCUT2D eigenvalue weighted by atomic mass is 10.0. The van der Waals surface area contributed by atoms with Crippen LogP contribution in [0.1, 0.15) is 77.9 Å². The van der Waals surface area contributed by atoms with Crippen molar-refractivity contribution in [3.63, 3.8) is 0 Å². The van der Waals surface area contributed by atoms with E-state index in [1.807, 2.05) is 65.0 Å². The molecule has 0 aliphatic heterocycles. The van der Waals surface area contributed by atoms with Gasteiger partial charge in [-0.1, -0.05) is 43.2 Å². The van der Waals surface area contributed by atoms with Crippen LogP contribution in [0.2, 0.25) is 0 Å². The molecule has 0 radical (unpaired) electrons. The SMILES string of the molecule is Cc1cc(C)cc(C(=O)N(NC(=O)c2ccc(C(C)C)cc2)C(C)(C)C)c1. The first kappa shape index (κ1) is 20.7. The van der Waals surface area contributed by atoms with Gasteiger partial charge in [0.1, 0.15) is 0 Å². The van der Waals surface area contributed by atoms with Crippen molar-refractivity contribution in [3.8, 4) is 0 Å². The Morgan fingerprint density at radius 3 is 1.85 bits per heavy atom. The van der Waals surface area contributed by atoms with Crippen LogP contribution in [-0.2, 0) is 0 Å². The van der Waals surface area contributed by atoms with Crippen LogP contribution in [0.15, 0.2) is 42.5 Å². The molecule has 0 saturated heterocycles. The molecule has 0 bridgehead atoms. The molecular formula is C23H30N2O2. The van der Waals surface area contributed by atoms with E-state index >= 15 is 0 Å². The third-order valence-electron chi connectivity index (χ3n) is 4.40. The third-order valence-corrected chi connectivity index (χ3v) is 4.40. The van der Waals surface area contributed by atoms with Crippen LogP contribution in [0.5, 0.6) is 0 Å². The molecule has 0 spiro atoms. The number of nitrogens with one attached hydrogen (secondary N) is 1. The van der Waals surface area contributed by atoms with Crippen molar-refractivity contribution in [2.45, 2.75) is 59.9 Å². The van der Waals surface area contributed by atoms with Gasteiger partial charge in [0.25, 0.3) is 11.8 Å². The highest BCUT2D eigenvalue weighted by Crippen LogP contribution is 2.19. The predicted molar refractivity (Wildman–Crippen MR) is 110 cm³/mol. The van der Waals surface area contributed by atoms with Gasteiger partial charge >= 0.3 is 0 Å². The minimum atomic E-state index is -0.567. The maximum Gasteiger partial charge on any atom is 0.272 e. The van der Waals surface area contributed by atoms with E-state index in [1.165, 1.54) is 10.6 Å². The van der Waals surface area contributed by atoms with E-state index in [2.05, 4.69) is 19.3 Å². The van der Waals surface area contributed by atoms with Gasteiger partial charge in [-0.3, -0.25) is 15.0 Å². The molecule has 144 valence electrons. The van der Waals surface area contributed by atoms with Crippen molar-refractivity contribution < 1.29 is 9.59 Å². The normalized spacial score (nSPS) is 11.4. The molecule has 0 saturated carbocycles. The van der Waals surface area contributed by atoms with Crippen molar-refractivity contribution in [2.24, 2.45) is 0 Å². The fourth-order valence-corrected chi connectivity index (χ4v) is 2.94. The van der Waals surface area contributed by atoms with Crippen molar-refractivity contribution in [2.75, 3.05) is 0 Å². The van der Waals surface area contributed by atoms with Gasteiger partial charge in [0, 0.05) is 11.1 Å². The summed E-state index contributed by atoms with van der Waals surface area (Å²) in [6.45, 7) is 13.8. The number of carbonyl (C=O) groups excluding carboxylic acids is 2. The Balaban J connectivity index is 2.28. The Bertz CT molecular complexity index is 810. The molecule has 0 fully saturated rings. The topological polar surface area (TPSA) is 49.4 Å². The summed E-state index contributed by atoms with van der Waals surface area (Å²) in [6.07, 6.45) is 0. The van der Waals surface area contributed by atoms with Crippen LogP contribution in [0.4, 0.5) is 0 Å². The lowest BCUT2D eigenvalue weighted by molar-refractivity contribution is 0.0358. The standard InChI is InChI=1S/C23H30N2O2/c1-15(2)18-8-10-19(11-9-18)21(26)24-25(23(5,6)7)22(27)20-13-16(3)12-17(4)14-20/h8-15H,1-7H3,(H,24,26). The lowest BCUT2D eigenvalue weighted by Crippen LogP contribution is -2.55. The van der Waals surface area contributed by atoms with E-state index in [9.17, 15) is 9.59 Å². The van der Waals surface area contributed by atoms with Gasteiger partial charge in [0.05, 0.1) is 5.54 Å². The number of amides is 2. The van der Waals surface area contributed by atoms with Crippen LogP contribution in [0.25, 0.3) is 0 Å². The van der Waals surface area contributed by atoms with Crippen molar-refractivity contribution in [1.82, 2.24) is 10.4 Å². The molecule has 4 heteroatoms. The van der Waals surface area contributed by atoms with Gasteiger partial charge in [-0.05, 0) is 70.4 Å². The Hall–Kier alpha value is -2.62. The van der Waals surface area contributed by atoms with E-state index < -0.39 is 5.54 Å². The zero-order valence-corrected chi connectivity index (χ0v) is 17.4. The van der Waals surface area contributed by atoms with Crippen molar-refractivity contribution in [1.29, 1.82) is 0 Å². The first-order valence-corrected chi connectivity index (χ1v) is 9.33. The zero-order chi connectivity index (χ0) is 20.4. The summed E-state index contributed by atoms with van der Waals surface area (Å²) >= 11 is 0. The Kier molecular flexibility index (Phi) is 6.09. The van der Waals surface area contributed by atoms with Crippen molar-refractivity contribution in [3.05, 3.63) is 70.3 Å². The summed E-state index contributed by atoms with van der Waals surface area (Å²) in [7, 11) is 0. The van der Waals surface area contributed by atoms with Gasteiger partial charge in [-0.15, -0.1) is 0 Å². The molecular weight excluding hydrogens is 336 g/mol. The average Bonchev–Trinajstić information content (AvgIpc) is 2.57. The molecule has 2 aromatic rings. The molecule has 0 unspecified atom stereocenters. The summed E-state index contributed by atoms with van der Waals surface area (Å²) in [4.78, 5) is 25.9. The van der Waals surface area contributed by atoms with Gasteiger partial charge in [0.2, 0.25) is 0 Å². The molecule has 1 N–H and O–H groups in total. The maximum absolute atomic E-state index is 13.1. The first-order chi connectivity index (χ1) is 12.5. The molecule has 2 amide bonds. The monoisotopic (exact) mass is 366 g/mol. The smallest absolute Gasteiger partial charge is 0.267 e. The molecule has 27 heavy (non-hydrogen) atoms. The number of rotatable bonds is 3. The number of nitrogens with zero attached hydrogens (tertiary/aromatic N) is 1. The Labute approximate surface area is 162 Å². The van der Waals surface area contributed by atoms with Gasteiger partial charge in [0.15, 0.2) is 0 Å². The van der Waals surface area contributed by atoms with Gasteiger partial charge in [-0.25, -0.2) is 5.01 Å². The number of carbonyl (C=O) groups is 2. The first-order valence-electron chi connectivity index (χ1n) is 9.33. The molecule has 0 aromatic heterocycles. The molecule has 2 rings (SSSR count). The lowest BCUT2D eigenvalue weighted by Gasteiger charge is -2.35. The van der Waals surface area contributed by atoms with Crippen molar-refractivity contribution >= 4 is 11.8 Å². The summed E-state index contributed by atoms with van der Waals surface area (Å²) in [6, 6.07) is 13.2. The molecule has 0 aliphatic carbocycles. The maximum atomic E-state index is 13.1. The largest absolute Gasteiger partial charge is 0.272 e. The highest BCUT2D eigenvalue weighted by Gasteiger charge is 2.29. The fraction of sp³-hybridized carbons (Fsp3) is 0.391. The number of aryl methyl sites for hydroxylation is 2. The molecule has 2 aromatic carbocycles. The van der Waals surface area contributed by atoms with Crippen LogP contribution >= 0.6 is 0 Å². The van der Waals surface area contributed by atoms with Crippen LogP contribution in [0, 0.1) is 13.8 Å². The highest BCUT2D eigenvalue weighted by atomic mass is 16.2. The van der Waals surface area contributed by atoms with Crippen LogP contribution < -0.4 is 5.43 Å². The second-order valence-electron chi connectivity index (χ2n) is 8.41. The molecule has 0 atom stereocenters. The number of hydrazine groups is 1. The summed E-state index contributed by atoms with van der Waals surface area (Å²) in [5.74, 6) is -0.112. The number of hydrogen-bond donors (Lipinski definition) is 1. The van der Waals surface area contributed by atoms with E-state index in [4.69, 9.17) is 0 Å². The Morgan fingerprint density at radius 1 is 0.889 bits per heavy atom. The van der Waals surface area contributed by atoms with E-state index in [-0.39, 0.29) is 11.8 Å². The van der Waals surface area contributed by atoms with Gasteiger partial charge < -0.3 is 0 Å². The number of hydrogen-bond acceptors (Lipinski definition) is 2. The summed E-state index contributed by atoms with van der Waals surface area (Å²) in [5, 5.41) is 1.42. The fourth-order valence-electron chi connectivity index (χ4n) is 2.94. The summed E-state index contributed by atoms with van der Waals surface area (Å²) in [5.41, 5.74) is 6.54. The quantitative estimate of drug-likeness (QED) is 0.776. The average molecular weight is 367 g/mol. The number of benzene rings is 2. The summed E-state index contributed by atoms with van der Waals surface area (Å²) < 4.78 is 0. The van der Waals surface area contributed by atoms with Crippen LogP contribution in [0.3, 0.4) is 0 Å². The molecule has 4 nitrogen and oxygen atoms in total. The second kappa shape index (κ2) is 7.95. The molecule has 0 heterocycles. The van der Waals surface area contributed by atoms with E-state index in [0.29, 0.717) is 17.0 Å². The minimum absolute atomic E-state index is 0.221. The van der Waals surface area contributed by atoms with E-state index in [0.717, 1.165) is 11.1 Å². The molecule has 0 aliphatic rings. The third kappa shape index (κ3) is 5.19. The predicted octanol–water partition coefficient (Wildman–Crippen LogP) is 5.01. The zero-order valence-electron chi connectivity index (χ0n) is 17.4. The Morgan fingerprint density at radius 2 is 1.41 bits per heavy atom. The van der Waals surface area contributed by atoms with Gasteiger partial charge in [-0.2, -0.15) is 0 Å². The minimum Gasteiger partial charge on any atom is -0.267 e. The second-order valence-corrected chi connectivity index (χ2v) is 8.41.